The molecule has 2 aromatic rings. The molecule has 1 fully saturated rings. The van der Waals surface area contributed by atoms with E-state index in [1.54, 1.807) is 48.5 Å². The van der Waals surface area contributed by atoms with Crippen molar-refractivity contribution in [2.75, 3.05) is 0 Å². The second-order valence-corrected chi connectivity index (χ2v) is 9.62. The molecule has 0 saturated carbocycles. The van der Waals surface area contributed by atoms with E-state index < -0.39 is 18.2 Å². The van der Waals surface area contributed by atoms with E-state index in [-0.39, 0.29) is 18.2 Å². The van der Waals surface area contributed by atoms with Crippen LogP contribution in [0.15, 0.2) is 73.3 Å². The van der Waals surface area contributed by atoms with E-state index in [0.29, 0.717) is 41.2 Å². The van der Waals surface area contributed by atoms with Crippen LogP contribution in [-0.4, -0.2) is 36.4 Å². The molecule has 0 amide bonds. The van der Waals surface area contributed by atoms with E-state index in [1.165, 1.54) is 0 Å². The first-order valence-electron chi connectivity index (χ1n) is 13.8. The molecule has 3 unspecified atom stereocenters. The molecular weight excluding hydrogens is 512 g/mol. The fourth-order valence-electron chi connectivity index (χ4n) is 4.15. The Bertz CT molecular complexity index is 1140. The molecule has 1 aliphatic rings. The molecule has 40 heavy (non-hydrogen) atoms. The first-order chi connectivity index (χ1) is 19.3. The number of carbonyl (C=O) groups excluding carboxylic acids is 3. The quantitative estimate of drug-likeness (QED) is 0.0746. The fraction of sp³-hybridized carbons (Fsp3) is 0.406. The zero-order chi connectivity index (χ0) is 28.9. The van der Waals surface area contributed by atoms with Gasteiger partial charge in [0.05, 0.1) is 5.56 Å². The van der Waals surface area contributed by atoms with Gasteiger partial charge in [0.1, 0.15) is 29.5 Å². The van der Waals surface area contributed by atoms with Crippen molar-refractivity contribution in [2.45, 2.75) is 83.7 Å². The number of rotatable bonds is 16. The molecule has 3 rings (SSSR count). The van der Waals surface area contributed by atoms with Gasteiger partial charge >= 0.3 is 17.9 Å². The molecule has 1 aliphatic heterocycles. The number of esters is 3. The fourth-order valence-corrected chi connectivity index (χ4v) is 4.15. The average Bonchev–Trinajstić information content (AvgIpc) is 3.29. The van der Waals surface area contributed by atoms with E-state index in [9.17, 15) is 14.4 Å². The number of unbranched alkanes of at least 4 members (excludes halogenated alkanes) is 3. The maximum absolute atomic E-state index is 12.7. The number of carbonyl (C=O) groups is 3. The van der Waals surface area contributed by atoms with Gasteiger partial charge in [0.2, 0.25) is 6.29 Å². The summed E-state index contributed by atoms with van der Waals surface area (Å²) in [5.74, 6) is -0.0666. The molecule has 0 N–H and O–H groups in total. The maximum Gasteiger partial charge on any atom is 0.343 e. The van der Waals surface area contributed by atoms with Gasteiger partial charge in [-0.3, -0.25) is 0 Å². The highest BCUT2D eigenvalue weighted by molar-refractivity contribution is 5.91. The Hall–Kier alpha value is -4.07. The summed E-state index contributed by atoms with van der Waals surface area (Å²) in [4.78, 5) is 36.1. The van der Waals surface area contributed by atoms with Crippen LogP contribution in [0.5, 0.6) is 17.2 Å². The van der Waals surface area contributed by atoms with Crippen molar-refractivity contribution < 1.29 is 38.1 Å². The molecular formula is C32H38O8. The molecule has 0 radical (unpaired) electrons. The zero-order valence-corrected chi connectivity index (χ0v) is 23.3. The molecule has 1 heterocycles. The summed E-state index contributed by atoms with van der Waals surface area (Å²) in [6.07, 6.45) is 6.25. The summed E-state index contributed by atoms with van der Waals surface area (Å²) in [7, 11) is 0. The number of hydrogen-bond acceptors (Lipinski definition) is 8. The van der Waals surface area contributed by atoms with Crippen molar-refractivity contribution in [3.63, 3.8) is 0 Å². The number of ether oxygens (including phenoxy) is 5. The molecule has 8 nitrogen and oxygen atoms in total. The van der Waals surface area contributed by atoms with Gasteiger partial charge in [0, 0.05) is 24.5 Å². The number of cyclic esters (lactones) is 1. The lowest BCUT2D eigenvalue weighted by Crippen LogP contribution is -2.31. The number of hydrogen-bond donors (Lipinski definition) is 0. The lowest BCUT2D eigenvalue weighted by atomic mass is 10.0. The first-order valence-corrected chi connectivity index (χ1v) is 13.8. The van der Waals surface area contributed by atoms with Crippen LogP contribution >= 0.6 is 0 Å². The third kappa shape index (κ3) is 9.29. The highest BCUT2D eigenvalue weighted by Gasteiger charge is 2.35. The van der Waals surface area contributed by atoms with E-state index >= 15 is 0 Å². The van der Waals surface area contributed by atoms with Gasteiger partial charge in [-0.05, 0) is 67.8 Å². The lowest BCUT2D eigenvalue weighted by molar-refractivity contribution is -0.158. The molecule has 0 aromatic heterocycles. The highest BCUT2D eigenvalue weighted by Crippen LogP contribution is 2.28. The Kier molecular flexibility index (Phi) is 11.8. The predicted octanol–water partition coefficient (Wildman–Crippen LogP) is 6.73. The van der Waals surface area contributed by atoms with Crippen LogP contribution in [0.4, 0.5) is 0 Å². The van der Waals surface area contributed by atoms with E-state index in [0.717, 1.165) is 44.6 Å². The van der Waals surface area contributed by atoms with Gasteiger partial charge in [-0.25, -0.2) is 14.4 Å². The lowest BCUT2D eigenvalue weighted by Gasteiger charge is -2.23. The van der Waals surface area contributed by atoms with Gasteiger partial charge in [-0.1, -0.05) is 46.3 Å². The van der Waals surface area contributed by atoms with Crippen LogP contribution < -0.4 is 14.2 Å². The third-order valence-corrected chi connectivity index (χ3v) is 6.39. The largest absolute Gasteiger partial charge is 0.487 e. The van der Waals surface area contributed by atoms with Crippen LogP contribution in [-0.2, 0) is 19.1 Å². The highest BCUT2D eigenvalue weighted by atomic mass is 16.7. The molecule has 0 aliphatic carbocycles. The molecule has 0 spiro atoms. The minimum absolute atomic E-state index is 0.298. The summed E-state index contributed by atoms with van der Waals surface area (Å²) < 4.78 is 28.2. The Morgan fingerprint density at radius 1 is 0.925 bits per heavy atom. The second-order valence-electron chi connectivity index (χ2n) is 9.62. The standard InChI is InChI=1S/C32H38O8/c1-5-8-10-12-30(40-29(33)7-3)37-25-17-19-26(20-18-25)38-32(35)23-13-15-24(16-14-23)36-27(11-9-6-2)28-21-22(4)31(34)39-28/h7,13-20,27-28,30H,3-6,8-12,21H2,1-2H3. The Labute approximate surface area is 235 Å². The minimum atomic E-state index is -0.729. The molecule has 0 bridgehead atoms. The van der Waals surface area contributed by atoms with Crippen LogP contribution in [0.2, 0.25) is 0 Å². The van der Waals surface area contributed by atoms with E-state index in [2.05, 4.69) is 27.0 Å². The zero-order valence-electron chi connectivity index (χ0n) is 23.3. The van der Waals surface area contributed by atoms with Crippen molar-refractivity contribution in [1.82, 2.24) is 0 Å². The van der Waals surface area contributed by atoms with E-state index in [4.69, 9.17) is 23.7 Å². The van der Waals surface area contributed by atoms with Crippen LogP contribution in [0.1, 0.15) is 75.6 Å². The Morgan fingerprint density at radius 3 is 2.15 bits per heavy atom. The number of benzene rings is 2. The third-order valence-electron chi connectivity index (χ3n) is 6.39. The van der Waals surface area contributed by atoms with Crippen LogP contribution in [0.25, 0.3) is 0 Å². The van der Waals surface area contributed by atoms with Crippen molar-refractivity contribution >= 4 is 17.9 Å². The second kappa shape index (κ2) is 15.5. The summed E-state index contributed by atoms with van der Waals surface area (Å²) >= 11 is 0. The first kappa shape index (κ1) is 30.5. The SMILES string of the molecule is C=CC(=O)OC(CCCCC)Oc1ccc(OC(=O)c2ccc(OC(CCCC)C3CC(=C)C(=O)O3)cc2)cc1. The van der Waals surface area contributed by atoms with E-state index in [1.807, 2.05) is 0 Å². The summed E-state index contributed by atoms with van der Waals surface area (Å²) in [6, 6.07) is 13.2. The van der Waals surface area contributed by atoms with Gasteiger partial charge in [-0.2, -0.15) is 0 Å². The predicted molar refractivity (Wildman–Crippen MR) is 150 cm³/mol. The van der Waals surface area contributed by atoms with Gasteiger partial charge < -0.3 is 23.7 Å². The summed E-state index contributed by atoms with van der Waals surface area (Å²) in [6.45, 7) is 11.4. The summed E-state index contributed by atoms with van der Waals surface area (Å²) in [5, 5.41) is 0. The smallest absolute Gasteiger partial charge is 0.343 e. The molecule has 3 atom stereocenters. The van der Waals surface area contributed by atoms with Crippen molar-refractivity contribution in [1.29, 1.82) is 0 Å². The topological polar surface area (TPSA) is 97.4 Å². The van der Waals surface area contributed by atoms with Crippen molar-refractivity contribution in [3.05, 3.63) is 78.9 Å². The van der Waals surface area contributed by atoms with Crippen molar-refractivity contribution in [2.24, 2.45) is 0 Å². The molecule has 2 aromatic carbocycles. The maximum atomic E-state index is 12.7. The molecule has 8 heteroatoms. The van der Waals surface area contributed by atoms with Crippen LogP contribution in [0, 0.1) is 0 Å². The molecule has 1 saturated heterocycles. The normalized spacial score (nSPS) is 16.0. The average molecular weight is 551 g/mol. The Balaban J connectivity index is 1.57. The van der Waals surface area contributed by atoms with Gasteiger partial charge in [0.15, 0.2) is 0 Å². The van der Waals surface area contributed by atoms with Gasteiger partial charge in [0.25, 0.3) is 0 Å². The van der Waals surface area contributed by atoms with Crippen LogP contribution in [0.3, 0.4) is 0 Å². The monoisotopic (exact) mass is 550 g/mol. The van der Waals surface area contributed by atoms with Crippen molar-refractivity contribution in [3.8, 4) is 17.2 Å². The van der Waals surface area contributed by atoms with Gasteiger partial charge in [-0.15, -0.1) is 0 Å². The summed E-state index contributed by atoms with van der Waals surface area (Å²) in [5.41, 5.74) is 0.807. The minimum Gasteiger partial charge on any atom is -0.487 e. The molecule has 214 valence electrons. The Morgan fingerprint density at radius 2 is 1.55 bits per heavy atom.